The minimum atomic E-state index is -0.514. The first kappa shape index (κ1) is 16.5. The number of fused-ring (bicyclic) bond motifs is 1. The number of non-ortho nitro benzene ring substituents is 1. The molecule has 2 heterocycles. The van der Waals surface area contributed by atoms with Crippen molar-refractivity contribution in [2.75, 3.05) is 11.5 Å². The predicted octanol–water partition coefficient (Wildman–Crippen LogP) is 1.37. The fraction of sp³-hybridized carbons (Fsp3) is 0.214. The van der Waals surface area contributed by atoms with Crippen molar-refractivity contribution in [1.82, 2.24) is 9.55 Å². The van der Waals surface area contributed by atoms with Crippen LogP contribution in [0.3, 0.4) is 0 Å². The number of nitrogens with two attached hydrogens (primary N) is 1. The number of primary amides is 1. The predicted molar refractivity (Wildman–Crippen MR) is 90.8 cm³/mol. The molecular weight excluding hydrogens is 352 g/mol. The molecule has 2 N–H and O–H groups in total. The first-order valence-electron chi connectivity index (χ1n) is 6.92. The Morgan fingerprint density at radius 3 is 2.75 bits per heavy atom. The smallest absolute Gasteiger partial charge is 0.272 e. The Kier molecular flexibility index (Phi) is 4.58. The Morgan fingerprint density at radius 1 is 1.42 bits per heavy atom. The summed E-state index contributed by atoms with van der Waals surface area (Å²) in [5, 5.41) is 11.1. The van der Waals surface area contributed by atoms with Gasteiger partial charge in [0.2, 0.25) is 5.91 Å². The van der Waals surface area contributed by atoms with Crippen molar-refractivity contribution >= 4 is 35.1 Å². The van der Waals surface area contributed by atoms with Gasteiger partial charge in [0, 0.05) is 24.3 Å². The summed E-state index contributed by atoms with van der Waals surface area (Å²) in [6.45, 7) is 0. The van der Waals surface area contributed by atoms with Gasteiger partial charge in [0.1, 0.15) is 0 Å². The average molecular weight is 364 g/mol. The number of carbonyl (C=O) groups is 1. The van der Waals surface area contributed by atoms with Gasteiger partial charge in [0.05, 0.1) is 27.0 Å². The summed E-state index contributed by atoms with van der Waals surface area (Å²) >= 11 is 2.51. The highest BCUT2D eigenvalue weighted by molar-refractivity contribution is 8.00. The highest BCUT2D eigenvalue weighted by Gasteiger charge is 2.23. The zero-order valence-corrected chi connectivity index (χ0v) is 13.9. The van der Waals surface area contributed by atoms with Crippen LogP contribution < -0.4 is 11.3 Å². The number of hydrogen-bond acceptors (Lipinski definition) is 7. The molecule has 0 unspecified atom stereocenters. The third kappa shape index (κ3) is 3.15. The van der Waals surface area contributed by atoms with Crippen LogP contribution in [0.25, 0.3) is 5.69 Å². The molecule has 0 radical (unpaired) electrons. The molecule has 3 rings (SSSR count). The molecule has 0 bridgehead atoms. The van der Waals surface area contributed by atoms with Crippen LogP contribution in [-0.2, 0) is 11.2 Å². The Labute approximate surface area is 144 Å². The van der Waals surface area contributed by atoms with E-state index in [0.717, 1.165) is 23.2 Å². The van der Waals surface area contributed by atoms with Crippen molar-refractivity contribution in [2.45, 2.75) is 16.5 Å². The second kappa shape index (κ2) is 6.65. The number of nitrogens with zero attached hydrogens (tertiary/aromatic N) is 3. The van der Waals surface area contributed by atoms with E-state index in [1.165, 1.54) is 40.6 Å². The van der Waals surface area contributed by atoms with Crippen LogP contribution in [0.5, 0.6) is 0 Å². The number of amides is 1. The minimum absolute atomic E-state index is 0.00858. The maximum absolute atomic E-state index is 12.8. The number of nitro groups is 1. The quantitative estimate of drug-likeness (QED) is 0.368. The Balaban J connectivity index is 2.12. The lowest BCUT2D eigenvalue weighted by Gasteiger charge is -2.13. The van der Waals surface area contributed by atoms with Gasteiger partial charge in [-0.25, -0.2) is 4.98 Å². The monoisotopic (exact) mass is 364 g/mol. The fourth-order valence-electron chi connectivity index (χ4n) is 2.28. The molecular formula is C14H12N4O4S2. The summed E-state index contributed by atoms with van der Waals surface area (Å²) in [5.74, 6) is 0.256. The molecule has 124 valence electrons. The molecule has 8 nitrogen and oxygen atoms in total. The van der Waals surface area contributed by atoms with E-state index in [1.54, 1.807) is 0 Å². The van der Waals surface area contributed by atoms with Crippen molar-refractivity contribution < 1.29 is 9.72 Å². The third-order valence-electron chi connectivity index (χ3n) is 3.33. The van der Waals surface area contributed by atoms with E-state index in [1.807, 2.05) is 0 Å². The van der Waals surface area contributed by atoms with Gasteiger partial charge in [-0.1, -0.05) is 11.8 Å². The summed E-state index contributed by atoms with van der Waals surface area (Å²) in [7, 11) is 0. The molecule has 1 aliphatic rings. The topological polar surface area (TPSA) is 121 Å². The average Bonchev–Trinajstić information content (AvgIpc) is 3.02. The zero-order valence-electron chi connectivity index (χ0n) is 12.3. The number of aryl methyl sites for hydroxylation is 1. The lowest BCUT2D eigenvalue weighted by Crippen LogP contribution is -2.24. The van der Waals surface area contributed by atoms with Crippen LogP contribution in [0.15, 0.2) is 39.1 Å². The van der Waals surface area contributed by atoms with Crippen LogP contribution in [0, 0.1) is 10.1 Å². The highest BCUT2D eigenvalue weighted by Crippen LogP contribution is 2.30. The standard InChI is InChI=1S/C14H12N4O4S2/c15-11(19)7-24-14-16-10-5-6-23-12(10)13(20)17(14)8-1-3-9(4-2-8)18(21)22/h1-4H,5-7H2,(H2,15,19). The van der Waals surface area contributed by atoms with Crippen molar-refractivity contribution in [3.05, 3.63) is 50.4 Å². The molecule has 0 saturated heterocycles. The molecule has 0 saturated carbocycles. The van der Waals surface area contributed by atoms with Crippen LogP contribution in [0.2, 0.25) is 0 Å². The van der Waals surface area contributed by atoms with Crippen molar-refractivity contribution in [3.63, 3.8) is 0 Å². The van der Waals surface area contributed by atoms with Crippen LogP contribution >= 0.6 is 23.5 Å². The Hall–Kier alpha value is -2.33. The normalized spacial score (nSPS) is 12.8. The summed E-state index contributed by atoms with van der Waals surface area (Å²) in [5.41, 5.74) is 6.05. The van der Waals surface area contributed by atoms with Gasteiger partial charge in [-0.2, -0.15) is 0 Å². The number of hydrogen-bond donors (Lipinski definition) is 1. The summed E-state index contributed by atoms with van der Waals surface area (Å²) in [6, 6.07) is 5.62. The van der Waals surface area contributed by atoms with E-state index in [0.29, 0.717) is 22.2 Å². The molecule has 0 aliphatic carbocycles. The van der Waals surface area contributed by atoms with E-state index in [-0.39, 0.29) is 17.0 Å². The van der Waals surface area contributed by atoms with Gasteiger partial charge >= 0.3 is 0 Å². The zero-order chi connectivity index (χ0) is 17.3. The van der Waals surface area contributed by atoms with E-state index in [2.05, 4.69) is 4.98 Å². The molecule has 24 heavy (non-hydrogen) atoms. The largest absolute Gasteiger partial charge is 0.369 e. The van der Waals surface area contributed by atoms with Gasteiger partial charge in [-0.05, 0) is 12.1 Å². The van der Waals surface area contributed by atoms with Gasteiger partial charge < -0.3 is 5.73 Å². The molecule has 0 atom stereocenters. The Morgan fingerprint density at radius 2 is 2.12 bits per heavy atom. The molecule has 1 aromatic carbocycles. The fourth-order valence-corrected chi connectivity index (χ4v) is 4.07. The lowest BCUT2D eigenvalue weighted by atomic mass is 10.2. The second-order valence-corrected chi connectivity index (χ2v) is 6.99. The van der Waals surface area contributed by atoms with Gasteiger partial charge in [0.25, 0.3) is 11.2 Å². The van der Waals surface area contributed by atoms with E-state index < -0.39 is 10.8 Å². The maximum Gasteiger partial charge on any atom is 0.272 e. The molecule has 0 fully saturated rings. The first-order valence-corrected chi connectivity index (χ1v) is 8.89. The summed E-state index contributed by atoms with van der Waals surface area (Å²) < 4.78 is 1.37. The number of carbonyl (C=O) groups excluding carboxylic acids is 1. The Bertz CT molecular complexity index is 880. The number of rotatable bonds is 5. The van der Waals surface area contributed by atoms with Gasteiger partial charge in [0.15, 0.2) is 5.16 Å². The molecule has 1 aromatic heterocycles. The van der Waals surface area contributed by atoms with Crippen LogP contribution in [0.1, 0.15) is 5.69 Å². The third-order valence-corrected chi connectivity index (χ3v) is 5.40. The van der Waals surface area contributed by atoms with Crippen molar-refractivity contribution in [3.8, 4) is 5.69 Å². The van der Waals surface area contributed by atoms with E-state index in [9.17, 15) is 19.7 Å². The summed E-state index contributed by atoms with van der Waals surface area (Å²) in [6.07, 6.45) is 0.695. The molecule has 10 heteroatoms. The number of nitro benzene ring substituents is 1. The number of aromatic nitrogens is 2. The van der Waals surface area contributed by atoms with Gasteiger partial charge in [-0.15, -0.1) is 11.8 Å². The molecule has 1 amide bonds. The van der Waals surface area contributed by atoms with Gasteiger partial charge in [-0.3, -0.25) is 24.3 Å². The SMILES string of the molecule is NC(=O)CSc1nc2c(c(=O)n1-c1ccc([N+](=O)[O-])cc1)SCC2. The van der Waals surface area contributed by atoms with E-state index in [4.69, 9.17) is 5.73 Å². The minimum Gasteiger partial charge on any atom is -0.369 e. The number of thioether (sulfide) groups is 2. The van der Waals surface area contributed by atoms with E-state index >= 15 is 0 Å². The number of benzene rings is 1. The lowest BCUT2D eigenvalue weighted by molar-refractivity contribution is -0.384. The van der Waals surface area contributed by atoms with Crippen molar-refractivity contribution in [2.24, 2.45) is 5.73 Å². The maximum atomic E-state index is 12.8. The highest BCUT2D eigenvalue weighted by atomic mass is 32.2. The van der Waals surface area contributed by atoms with Crippen molar-refractivity contribution in [1.29, 1.82) is 0 Å². The summed E-state index contributed by atoms with van der Waals surface area (Å²) in [4.78, 5) is 39.2. The molecule has 1 aliphatic heterocycles. The second-order valence-electron chi connectivity index (χ2n) is 4.94. The first-order chi connectivity index (χ1) is 11.5. The van der Waals surface area contributed by atoms with Crippen LogP contribution in [0.4, 0.5) is 5.69 Å². The molecule has 0 spiro atoms. The molecule has 2 aromatic rings. The van der Waals surface area contributed by atoms with Crippen LogP contribution in [-0.4, -0.2) is 31.9 Å².